The van der Waals surface area contributed by atoms with E-state index in [4.69, 9.17) is 4.74 Å². The van der Waals surface area contributed by atoms with Crippen molar-refractivity contribution in [3.63, 3.8) is 0 Å². The van der Waals surface area contributed by atoms with Gasteiger partial charge in [0.1, 0.15) is 5.60 Å². The highest BCUT2D eigenvalue weighted by Crippen LogP contribution is 2.29. The Morgan fingerprint density at radius 1 is 1.11 bits per heavy atom. The van der Waals surface area contributed by atoms with Crippen LogP contribution < -0.4 is 10.6 Å². The Bertz CT molecular complexity index is 1330. The van der Waals surface area contributed by atoms with Crippen LogP contribution in [-0.4, -0.2) is 57.6 Å². The SMILES string of the molecule is Cc1ccc(C(=O)NC2CC2)cc1-c1ccc2nc(NC[C@@H]3CCCN3C(=O)OC(C)(C)C)ncc2c1. The molecule has 8 nitrogen and oxygen atoms in total. The standard InChI is InChI=1S/C29H35N5O3/c1-18-7-8-20(26(35)32-22-10-11-22)15-24(18)19-9-12-25-21(14-19)16-30-27(33-25)31-17-23-6-5-13-34(23)28(36)37-29(2,3)4/h7-9,12,14-16,22-23H,5-6,10-11,13,17H2,1-4H3,(H,32,35)(H,30,31,33)/t23-/m0/s1. The van der Waals surface area contributed by atoms with Gasteiger partial charge in [0.15, 0.2) is 0 Å². The lowest BCUT2D eigenvalue weighted by Crippen LogP contribution is -2.42. The Hall–Kier alpha value is -3.68. The Kier molecular flexibility index (Phi) is 6.75. The average Bonchev–Trinajstić information content (AvgIpc) is 3.54. The Labute approximate surface area is 217 Å². The van der Waals surface area contributed by atoms with Gasteiger partial charge in [-0.2, -0.15) is 0 Å². The van der Waals surface area contributed by atoms with Crippen LogP contribution in [0.5, 0.6) is 0 Å². The summed E-state index contributed by atoms with van der Waals surface area (Å²) in [7, 11) is 0. The van der Waals surface area contributed by atoms with Crippen LogP contribution >= 0.6 is 0 Å². The minimum atomic E-state index is -0.513. The average molecular weight is 502 g/mol. The largest absolute Gasteiger partial charge is 0.444 e. The van der Waals surface area contributed by atoms with E-state index in [2.05, 4.69) is 33.6 Å². The van der Waals surface area contributed by atoms with Gasteiger partial charge in [0.25, 0.3) is 5.91 Å². The van der Waals surface area contributed by atoms with Crippen molar-refractivity contribution in [2.45, 2.75) is 71.1 Å². The molecule has 194 valence electrons. The number of rotatable bonds is 6. The number of nitrogens with one attached hydrogen (secondary N) is 2. The molecule has 0 unspecified atom stereocenters. The van der Waals surface area contributed by atoms with E-state index < -0.39 is 5.60 Å². The van der Waals surface area contributed by atoms with E-state index in [1.807, 2.05) is 57.3 Å². The minimum absolute atomic E-state index is 0.0175. The molecule has 2 fully saturated rings. The fraction of sp³-hybridized carbons (Fsp3) is 0.448. The molecule has 1 saturated carbocycles. The summed E-state index contributed by atoms with van der Waals surface area (Å²) in [6, 6.07) is 12.3. The van der Waals surface area contributed by atoms with Crippen LogP contribution in [-0.2, 0) is 4.74 Å². The zero-order valence-electron chi connectivity index (χ0n) is 22.0. The zero-order valence-corrected chi connectivity index (χ0v) is 22.0. The predicted molar refractivity (Wildman–Crippen MR) is 145 cm³/mol. The second-order valence-electron chi connectivity index (χ2n) is 11.1. The van der Waals surface area contributed by atoms with E-state index in [1.165, 1.54) is 0 Å². The molecule has 1 saturated heterocycles. The third kappa shape index (κ3) is 6.01. The summed E-state index contributed by atoms with van der Waals surface area (Å²) >= 11 is 0. The van der Waals surface area contributed by atoms with Gasteiger partial charge >= 0.3 is 6.09 Å². The van der Waals surface area contributed by atoms with Crippen molar-refractivity contribution in [3.8, 4) is 11.1 Å². The van der Waals surface area contributed by atoms with Gasteiger partial charge in [-0.05, 0) is 94.3 Å². The summed E-state index contributed by atoms with van der Waals surface area (Å²) in [5.41, 5.74) is 4.14. The van der Waals surface area contributed by atoms with Crippen LogP contribution in [0.4, 0.5) is 10.7 Å². The monoisotopic (exact) mass is 501 g/mol. The lowest BCUT2D eigenvalue weighted by molar-refractivity contribution is 0.0235. The van der Waals surface area contributed by atoms with Crippen molar-refractivity contribution in [3.05, 3.63) is 53.7 Å². The van der Waals surface area contributed by atoms with Crippen molar-refractivity contribution < 1.29 is 14.3 Å². The Morgan fingerprint density at radius 2 is 1.92 bits per heavy atom. The van der Waals surface area contributed by atoms with Crippen molar-refractivity contribution in [1.29, 1.82) is 0 Å². The number of carbonyl (C=O) groups is 2. The molecule has 8 heteroatoms. The molecule has 5 rings (SSSR count). The molecule has 3 aromatic rings. The number of hydrogen-bond donors (Lipinski definition) is 2. The molecular formula is C29H35N5O3. The van der Waals surface area contributed by atoms with Crippen molar-refractivity contribution in [1.82, 2.24) is 20.2 Å². The quantitative estimate of drug-likeness (QED) is 0.475. The first-order valence-corrected chi connectivity index (χ1v) is 13.1. The third-order valence-electron chi connectivity index (χ3n) is 6.80. The van der Waals surface area contributed by atoms with Crippen molar-refractivity contribution in [2.75, 3.05) is 18.4 Å². The molecule has 0 spiro atoms. The first-order valence-electron chi connectivity index (χ1n) is 13.1. The van der Waals surface area contributed by atoms with Gasteiger partial charge in [-0.3, -0.25) is 4.79 Å². The number of likely N-dealkylation sites (tertiary alicyclic amines) is 1. The number of aryl methyl sites for hydroxylation is 1. The molecule has 2 N–H and O–H groups in total. The molecule has 1 aliphatic carbocycles. The van der Waals surface area contributed by atoms with Gasteiger partial charge in [-0.15, -0.1) is 0 Å². The van der Waals surface area contributed by atoms with Crippen LogP contribution in [0.15, 0.2) is 42.6 Å². The first kappa shape index (κ1) is 25.0. The number of nitrogens with zero attached hydrogens (tertiary/aromatic N) is 3. The molecule has 2 aromatic carbocycles. The van der Waals surface area contributed by atoms with E-state index in [-0.39, 0.29) is 18.0 Å². The zero-order chi connectivity index (χ0) is 26.2. The summed E-state index contributed by atoms with van der Waals surface area (Å²) in [5.74, 6) is 0.516. The number of carbonyl (C=O) groups excluding carboxylic acids is 2. The van der Waals surface area contributed by atoms with E-state index in [0.717, 1.165) is 53.3 Å². The van der Waals surface area contributed by atoms with E-state index in [1.54, 1.807) is 4.90 Å². The molecule has 0 bridgehead atoms. The molecule has 1 atom stereocenters. The molecule has 2 amide bonds. The summed E-state index contributed by atoms with van der Waals surface area (Å²) in [6.07, 6.45) is 5.54. The molecular weight excluding hydrogens is 466 g/mol. The lowest BCUT2D eigenvalue weighted by Gasteiger charge is -2.28. The summed E-state index contributed by atoms with van der Waals surface area (Å²) in [5, 5.41) is 7.29. The van der Waals surface area contributed by atoms with Crippen LogP contribution in [0.1, 0.15) is 62.4 Å². The smallest absolute Gasteiger partial charge is 0.410 e. The van der Waals surface area contributed by atoms with Gasteiger partial charge < -0.3 is 20.3 Å². The highest BCUT2D eigenvalue weighted by atomic mass is 16.6. The van der Waals surface area contributed by atoms with Crippen molar-refractivity contribution in [2.24, 2.45) is 0 Å². The highest BCUT2D eigenvalue weighted by Gasteiger charge is 2.32. The predicted octanol–water partition coefficient (Wildman–Crippen LogP) is 5.31. The van der Waals surface area contributed by atoms with Gasteiger partial charge in [0, 0.05) is 36.3 Å². The second-order valence-corrected chi connectivity index (χ2v) is 11.1. The van der Waals surface area contributed by atoms with Crippen LogP contribution in [0, 0.1) is 6.92 Å². The van der Waals surface area contributed by atoms with Crippen LogP contribution in [0.2, 0.25) is 0 Å². The normalized spacial score (nSPS) is 17.6. The number of benzene rings is 2. The summed E-state index contributed by atoms with van der Waals surface area (Å²) in [4.78, 5) is 36.1. The Balaban J connectivity index is 1.28. The lowest BCUT2D eigenvalue weighted by atomic mass is 9.97. The first-order chi connectivity index (χ1) is 17.7. The molecule has 1 aliphatic heterocycles. The molecule has 2 heterocycles. The Morgan fingerprint density at radius 3 is 2.68 bits per heavy atom. The van der Waals surface area contributed by atoms with Gasteiger partial charge in [0.2, 0.25) is 5.95 Å². The topological polar surface area (TPSA) is 96.5 Å². The third-order valence-corrected chi connectivity index (χ3v) is 6.80. The number of anilines is 1. The molecule has 2 aliphatic rings. The van der Waals surface area contributed by atoms with Gasteiger partial charge in [0.05, 0.1) is 11.6 Å². The number of aromatic nitrogens is 2. The number of amides is 2. The van der Waals surface area contributed by atoms with Crippen molar-refractivity contribution >= 4 is 28.9 Å². The highest BCUT2D eigenvalue weighted by molar-refractivity contribution is 5.96. The van der Waals surface area contributed by atoms with Gasteiger partial charge in [-0.25, -0.2) is 14.8 Å². The molecule has 0 radical (unpaired) electrons. The maximum Gasteiger partial charge on any atom is 0.410 e. The molecule has 1 aromatic heterocycles. The summed E-state index contributed by atoms with van der Waals surface area (Å²) < 4.78 is 5.56. The number of hydrogen-bond acceptors (Lipinski definition) is 6. The molecule has 37 heavy (non-hydrogen) atoms. The summed E-state index contributed by atoms with van der Waals surface area (Å²) in [6.45, 7) is 8.96. The second kappa shape index (κ2) is 10.00. The van der Waals surface area contributed by atoms with Crippen LogP contribution in [0.3, 0.4) is 0 Å². The maximum absolute atomic E-state index is 12.6. The fourth-order valence-corrected chi connectivity index (χ4v) is 4.67. The van der Waals surface area contributed by atoms with E-state index in [9.17, 15) is 9.59 Å². The van der Waals surface area contributed by atoms with Gasteiger partial charge in [-0.1, -0.05) is 12.1 Å². The minimum Gasteiger partial charge on any atom is -0.444 e. The number of fused-ring (bicyclic) bond motifs is 1. The van der Waals surface area contributed by atoms with E-state index >= 15 is 0 Å². The maximum atomic E-state index is 12.6. The number of ether oxygens (including phenoxy) is 1. The van der Waals surface area contributed by atoms with E-state index in [0.29, 0.717) is 30.6 Å². The van der Waals surface area contributed by atoms with Crippen LogP contribution in [0.25, 0.3) is 22.0 Å². The fourth-order valence-electron chi connectivity index (χ4n) is 4.67.